The van der Waals surface area contributed by atoms with Crippen LogP contribution in [-0.4, -0.2) is 106 Å². The lowest BCUT2D eigenvalue weighted by Gasteiger charge is -2.39. The normalized spacial score (nSPS) is 19.0. The van der Waals surface area contributed by atoms with Crippen molar-refractivity contribution >= 4 is 60.4 Å². The van der Waals surface area contributed by atoms with Gasteiger partial charge >= 0.3 is 18.3 Å². The van der Waals surface area contributed by atoms with E-state index < -0.39 is 64.8 Å². The fraction of sp³-hybridized carbons (Fsp3) is 0.500. The topological polar surface area (TPSA) is 169 Å². The summed E-state index contributed by atoms with van der Waals surface area (Å²) in [5.41, 5.74) is 5.61. The number of carbonyl (C=O) groups excluding carboxylic acids is 3. The van der Waals surface area contributed by atoms with Crippen LogP contribution in [0.2, 0.25) is 0 Å². The lowest BCUT2D eigenvalue weighted by Crippen LogP contribution is -2.48. The molecule has 1 aliphatic heterocycles. The number of hydrogen-bond acceptors (Lipinski definition) is 11. The highest BCUT2D eigenvalue weighted by atomic mass is 32.2. The molecule has 1 saturated heterocycles. The number of amides is 2. The largest absolute Gasteiger partial charge is 0.482 e. The lowest BCUT2D eigenvalue weighted by atomic mass is 9.90. The SMILES string of the molecule is COC(=O)C(CCC(N)=O)NC(=O)c1ccc(NCC#Cc2sc3c(NC4CCC(N5CCS(=O)(=O)CC5)CC4)cccc3c2CC(F)(F)F)c(OCC(F)(F)F)c1. The number of thiophene rings is 1. The first-order valence-corrected chi connectivity index (χ1v) is 21.0. The van der Waals surface area contributed by atoms with Crippen molar-refractivity contribution in [1.82, 2.24) is 10.2 Å². The monoisotopic (exact) mass is 859 g/mol. The summed E-state index contributed by atoms with van der Waals surface area (Å²) in [4.78, 5) is 38.7. The van der Waals surface area contributed by atoms with Gasteiger partial charge < -0.3 is 31.2 Å². The number of carbonyl (C=O) groups is 3. The summed E-state index contributed by atoms with van der Waals surface area (Å²) in [6.45, 7) is -0.919. The van der Waals surface area contributed by atoms with Gasteiger partial charge in [0.05, 0.1) is 52.5 Å². The van der Waals surface area contributed by atoms with Crippen LogP contribution in [0.1, 0.15) is 59.3 Å². The molecule has 5 rings (SSSR count). The number of primary amides is 1. The number of sulfone groups is 1. The number of anilines is 2. The van der Waals surface area contributed by atoms with Crippen molar-refractivity contribution in [1.29, 1.82) is 0 Å². The molecule has 2 amide bonds. The van der Waals surface area contributed by atoms with Gasteiger partial charge in [0.1, 0.15) is 11.8 Å². The quantitative estimate of drug-likeness (QED) is 0.0936. The number of esters is 1. The van der Waals surface area contributed by atoms with Gasteiger partial charge in [0.25, 0.3) is 5.91 Å². The summed E-state index contributed by atoms with van der Waals surface area (Å²) < 4.78 is 115. The van der Waals surface area contributed by atoms with Crippen LogP contribution in [0.3, 0.4) is 0 Å². The molecule has 20 heteroatoms. The molecule has 0 spiro atoms. The number of benzene rings is 2. The van der Waals surface area contributed by atoms with E-state index >= 15 is 0 Å². The number of methoxy groups -OCH3 is 1. The van der Waals surface area contributed by atoms with Crippen molar-refractivity contribution in [3.63, 3.8) is 0 Å². The van der Waals surface area contributed by atoms with Crippen LogP contribution >= 0.6 is 11.3 Å². The maximum Gasteiger partial charge on any atom is 0.422 e. The Hall–Kier alpha value is -4.74. The average Bonchev–Trinajstić information content (AvgIpc) is 3.50. The van der Waals surface area contributed by atoms with E-state index in [-0.39, 0.29) is 64.7 Å². The van der Waals surface area contributed by atoms with Gasteiger partial charge in [-0.25, -0.2) is 13.2 Å². The third-order valence-electron chi connectivity index (χ3n) is 9.82. The standard InChI is InChI=1S/C38H43F6N5O7S2/c1-55-36(52)30(13-14-33(45)50)48-35(51)23-7-12-28(31(20-23)56-22-38(42,43)44)46-15-3-6-32-27(21-37(39,40)41)26-4-2-5-29(34(26)57-32)47-24-8-10-25(11-9-24)49-16-18-58(53,54)19-17-49/h2,4-5,7,12,20,24-25,30,46-47H,8-11,13-19,21-22H2,1H3,(H2,45,50)(H,48,51). The zero-order valence-corrected chi connectivity index (χ0v) is 33.0. The maximum absolute atomic E-state index is 13.9. The molecule has 1 aliphatic carbocycles. The summed E-state index contributed by atoms with van der Waals surface area (Å²) in [6, 6.07) is 7.64. The molecule has 0 bridgehead atoms. The zero-order valence-electron chi connectivity index (χ0n) is 31.4. The first kappa shape index (κ1) is 44.4. The summed E-state index contributed by atoms with van der Waals surface area (Å²) in [6.07, 6.45) is -7.67. The third-order valence-corrected chi connectivity index (χ3v) is 12.6. The van der Waals surface area contributed by atoms with Crippen LogP contribution in [0.15, 0.2) is 36.4 Å². The van der Waals surface area contributed by atoms with Gasteiger partial charge in [-0.3, -0.25) is 14.5 Å². The van der Waals surface area contributed by atoms with Crippen LogP contribution in [0, 0.1) is 11.8 Å². The number of alkyl halides is 6. The predicted octanol–water partition coefficient (Wildman–Crippen LogP) is 5.40. The molecule has 316 valence electrons. The fourth-order valence-electron chi connectivity index (χ4n) is 6.93. The number of hydrogen-bond donors (Lipinski definition) is 4. The second kappa shape index (κ2) is 18.9. The Kier molecular flexibility index (Phi) is 14.4. The molecule has 2 aromatic carbocycles. The van der Waals surface area contributed by atoms with Crippen molar-refractivity contribution in [2.75, 3.05) is 55.5 Å². The van der Waals surface area contributed by atoms with Gasteiger partial charge in [0.15, 0.2) is 16.4 Å². The molecule has 0 radical (unpaired) electrons. The minimum Gasteiger partial charge on any atom is -0.482 e. The number of halogens is 6. The Bertz CT molecular complexity index is 2130. The molecule has 12 nitrogen and oxygen atoms in total. The minimum absolute atomic E-state index is 0.00179. The highest BCUT2D eigenvalue weighted by Crippen LogP contribution is 2.40. The lowest BCUT2D eigenvalue weighted by molar-refractivity contribution is -0.153. The van der Waals surface area contributed by atoms with Gasteiger partial charge in [-0.05, 0) is 67.3 Å². The summed E-state index contributed by atoms with van der Waals surface area (Å²) >= 11 is 1.10. The maximum atomic E-state index is 13.9. The molecule has 58 heavy (non-hydrogen) atoms. The molecule has 2 heterocycles. The Labute approximate surface area is 335 Å². The molecule has 5 N–H and O–H groups in total. The van der Waals surface area contributed by atoms with E-state index in [1.165, 1.54) is 12.1 Å². The van der Waals surface area contributed by atoms with Crippen molar-refractivity contribution in [3.05, 3.63) is 52.4 Å². The van der Waals surface area contributed by atoms with E-state index in [4.69, 9.17) is 10.5 Å². The molecular weight excluding hydrogens is 817 g/mol. The van der Waals surface area contributed by atoms with E-state index in [9.17, 15) is 49.1 Å². The van der Waals surface area contributed by atoms with Crippen LogP contribution in [0.25, 0.3) is 10.1 Å². The van der Waals surface area contributed by atoms with Crippen LogP contribution in [0.5, 0.6) is 5.75 Å². The first-order chi connectivity index (χ1) is 27.3. The second-order valence-corrected chi connectivity index (χ2v) is 17.4. The van der Waals surface area contributed by atoms with Crippen molar-refractivity contribution in [3.8, 4) is 17.6 Å². The van der Waals surface area contributed by atoms with E-state index in [1.807, 2.05) is 0 Å². The highest BCUT2D eigenvalue weighted by Gasteiger charge is 2.33. The van der Waals surface area contributed by atoms with Gasteiger partial charge in [-0.2, -0.15) is 26.3 Å². The van der Waals surface area contributed by atoms with Crippen LogP contribution in [-0.2, 0) is 30.6 Å². The Morgan fingerprint density at radius 1 is 1.00 bits per heavy atom. The molecule has 1 saturated carbocycles. The zero-order chi connectivity index (χ0) is 42.3. The van der Waals surface area contributed by atoms with Crippen molar-refractivity contribution < 1.29 is 58.6 Å². The smallest absolute Gasteiger partial charge is 0.422 e. The van der Waals surface area contributed by atoms with Crippen LogP contribution in [0.4, 0.5) is 37.7 Å². The summed E-state index contributed by atoms with van der Waals surface area (Å²) in [5.74, 6) is 2.97. The Balaban J connectivity index is 1.31. The number of ether oxygens (including phenoxy) is 2. The van der Waals surface area contributed by atoms with E-state index in [0.29, 0.717) is 28.9 Å². The van der Waals surface area contributed by atoms with E-state index in [1.54, 1.807) is 18.2 Å². The molecule has 2 aliphatic rings. The number of rotatable bonds is 14. The fourth-order valence-corrected chi connectivity index (χ4v) is 9.33. The minimum atomic E-state index is -4.75. The van der Waals surface area contributed by atoms with E-state index in [0.717, 1.165) is 50.2 Å². The van der Waals surface area contributed by atoms with Crippen molar-refractivity contribution in [2.24, 2.45) is 5.73 Å². The Morgan fingerprint density at radius 3 is 2.34 bits per heavy atom. The predicted molar refractivity (Wildman–Crippen MR) is 207 cm³/mol. The van der Waals surface area contributed by atoms with E-state index in [2.05, 4.69) is 37.4 Å². The van der Waals surface area contributed by atoms with Gasteiger partial charge in [0.2, 0.25) is 5.91 Å². The molecular formula is C38H43F6N5O7S2. The first-order valence-electron chi connectivity index (χ1n) is 18.4. The van der Waals surface area contributed by atoms with Gasteiger partial charge in [0, 0.05) is 37.2 Å². The molecule has 2 fully saturated rings. The van der Waals surface area contributed by atoms with Gasteiger partial charge in [-0.15, -0.1) is 11.3 Å². The Morgan fingerprint density at radius 2 is 1.71 bits per heavy atom. The average molecular weight is 860 g/mol. The molecule has 1 unspecified atom stereocenters. The third kappa shape index (κ3) is 12.6. The van der Waals surface area contributed by atoms with Crippen molar-refractivity contribution in [2.45, 2.75) is 75.4 Å². The van der Waals surface area contributed by atoms with Gasteiger partial charge in [-0.1, -0.05) is 24.0 Å². The molecule has 3 aromatic rings. The number of nitrogens with one attached hydrogen (secondary N) is 3. The highest BCUT2D eigenvalue weighted by molar-refractivity contribution is 7.91. The van der Waals surface area contributed by atoms with Crippen LogP contribution < -0.4 is 26.4 Å². The molecule has 1 aromatic heterocycles. The molecule has 1 atom stereocenters. The number of nitrogens with two attached hydrogens (primary N) is 1. The second-order valence-electron chi connectivity index (χ2n) is 14.0. The summed E-state index contributed by atoms with van der Waals surface area (Å²) in [5, 5.41) is 9.07. The summed E-state index contributed by atoms with van der Waals surface area (Å²) in [7, 11) is -1.93. The number of fused-ring (bicyclic) bond motifs is 1. The number of nitrogens with zero attached hydrogens (tertiary/aromatic N) is 1.